The van der Waals surface area contributed by atoms with Crippen LogP contribution in [0.3, 0.4) is 0 Å². The van der Waals surface area contributed by atoms with Gasteiger partial charge in [-0.05, 0) is 6.07 Å². The molecule has 17 heavy (non-hydrogen) atoms. The average Bonchev–Trinajstić information content (AvgIpc) is 2.05. The van der Waals surface area contributed by atoms with Crippen molar-refractivity contribution in [1.29, 1.82) is 0 Å². The number of hydrogen-bond donors (Lipinski definition) is 1. The van der Waals surface area contributed by atoms with Crippen molar-refractivity contribution in [1.82, 2.24) is 0 Å². The van der Waals surface area contributed by atoms with Crippen LogP contribution in [0, 0.1) is 5.82 Å². The van der Waals surface area contributed by atoms with Crippen LogP contribution in [0.1, 0.15) is 5.56 Å². The molecule has 0 heterocycles. The normalized spacial score (nSPS) is 12.6. The van der Waals surface area contributed by atoms with Crippen LogP contribution < -0.4 is 10.5 Å². The smallest absolute Gasteiger partial charge is 0.403 e. The first-order chi connectivity index (χ1) is 7.50. The van der Waals surface area contributed by atoms with E-state index in [4.69, 9.17) is 5.73 Å². The number of hydrogen-bond acceptors (Lipinski definition) is 2. The number of anilines is 1. The summed E-state index contributed by atoms with van der Waals surface area (Å²) >= 11 is 0. The zero-order valence-electron chi connectivity index (χ0n) is 7.79. The summed E-state index contributed by atoms with van der Waals surface area (Å²) in [6.45, 7) is 0. The Balaban J connectivity index is 3.25. The number of benzene rings is 1. The van der Waals surface area contributed by atoms with Gasteiger partial charge in [-0.25, -0.2) is 4.39 Å². The summed E-state index contributed by atoms with van der Waals surface area (Å²) in [6, 6.07) is -0.0257. The van der Waals surface area contributed by atoms with Gasteiger partial charge in [-0.1, -0.05) is 0 Å². The molecule has 0 aliphatic carbocycles. The zero-order chi connectivity index (χ0) is 13.4. The fourth-order valence-corrected chi connectivity index (χ4v) is 1.02. The summed E-state index contributed by atoms with van der Waals surface area (Å²) in [5.41, 5.74) is 2.22. The number of alkyl halides is 6. The van der Waals surface area contributed by atoms with E-state index in [1.54, 1.807) is 0 Å². The maximum Gasteiger partial charge on any atom is 0.573 e. The van der Waals surface area contributed by atoms with E-state index in [0.717, 1.165) is 0 Å². The lowest BCUT2D eigenvalue weighted by atomic mass is 10.1. The van der Waals surface area contributed by atoms with Gasteiger partial charge in [0.2, 0.25) is 0 Å². The van der Waals surface area contributed by atoms with Gasteiger partial charge < -0.3 is 10.5 Å². The van der Waals surface area contributed by atoms with Crippen molar-refractivity contribution in [3.8, 4) is 5.75 Å². The predicted octanol–water partition coefficient (Wildman–Crippen LogP) is 3.33. The topological polar surface area (TPSA) is 35.2 Å². The van der Waals surface area contributed by atoms with Crippen molar-refractivity contribution in [2.75, 3.05) is 5.73 Å². The third-order valence-corrected chi connectivity index (χ3v) is 1.64. The Morgan fingerprint density at radius 1 is 1.00 bits per heavy atom. The molecule has 1 rings (SSSR count). The first-order valence-electron chi connectivity index (χ1n) is 3.92. The van der Waals surface area contributed by atoms with E-state index in [1.807, 2.05) is 0 Å². The Labute approximate surface area is 89.8 Å². The van der Waals surface area contributed by atoms with Gasteiger partial charge in [0.05, 0.1) is 5.56 Å². The quantitative estimate of drug-likeness (QED) is 0.623. The van der Waals surface area contributed by atoms with E-state index in [1.165, 1.54) is 0 Å². The van der Waals surface area contributed by atoms with Crippen LogP contribution in [-0.2, 0) is 6.18 Å². The highest BCUT2D eigenvalue weighted by atomic mass is 19.4. The second-order valence-corrected chi connectivity index (χ2v) is 2.92. The molecule has 0 spiro atoms. The average molecular weight is 263 g/mol. The molecule has 0 fully saturated rings. The summed E-state index contributed by atoms with van der Waals surface area (Å²) in [5.74, 6) is -3.22. The molecule has 96 valence electrons. The van der Waals surface area contributed by atoms with Crippen molar-refractivity contribution in [3.05, 3.63) is 23.5 Å². The minimum Gasteiger partial charge on any atom is -0.403 e. The van der Waals surface area contributed by atoms with E-state index in [0.29, 0.717) is 0 Å². The largest absolute Gasteiger partial charge is 0.573 e. The molecule has 0 bridgehead atoms. The zero-order valence-corrected chi connectivity index (χ0v) is 7.79. The molecule has 1 aromatic carbocycles. The van der Waals surface area contributed by atoms with Gasteiger partial charge in [-0.15, -0.1) is 13.2 Å². The maximum atomic E-state index is 12.9. The van der Waals surface area contributed by atoms with Crippen molar-refractivity contribution >= 4 is 5.69 Å². The van der Waals surface area contributed by atoms with Gasteiger partial charge in [0.25, 0.3) is 0 Å². The fraction of sp³-hybridized carbons (Fsp3) is 0.250. The van der Waals surface area contributed by atoms with E-state index in [-0.39, 0.29) is 12.1 Å². The van der Waals surface area contributed by atoms with E-state index in [2.05, 4.69) is 4.74 Å². The molecule has 0 aromatic heterocycles. The number of nitrogens with two attached hydrogens (primary N) is 1. The Hall–Kier alpha value is -1.67. The first-order valence-corrected chi connectivity index (χ1v) is 3.92. The molecular weight excluding hydrogens is 259 g/mol. The third-order valence-electron chi connectivity index (χ3n) is 1.64. The van der Waals surface area contributed by atoms with Gasteiger partial charge >= 0.3 is 12.5 Å². The van der Waals surface area contributed by atoms with Gasteiger partial charge in [0.15, 0.2) is 11.6 Å². The molecular formula is C8H4F7NO. The molecule has 0 saturated heterocycles. The molecule has 0 atom stereocenters. The Morgan fingerprint density at radius 2 is 1.53 bits per heavy atom. The van der Waals surface area contributed by atoms with Crippen molar-refractivity contribution in [3.63, 3.8) is 0 Å². The highest BCUT2D eigenvalue weighted by molar-refractivity contribution is 5.52. The molecule has 2 N–H and O–H groups in total. The molecule has 0 aliphatic heterocycles. The van der Waals surface area contributed by atoms with E-state index < -0.39 is 35.4 Å². The standard InChI is InChI=1S/C8H4F7NO/c9-4-2-5(16)3(7(10,11)12)1-6(4)17-8(13,14)15/h1-2H,16H2. The number of ether oxygens (including phenoxy) is 1. The second kappa shape index (κ2) is 3.97. The van der Waals surface area contributed by atoms with Crippen LogP contribution in [0.5, 0.6) is 5.75 Å². The van der Waals surface area contributed by atoms with Crippen LogP contribution in [0.25, 0.3) is 0 Å². The Bertz CT molecular complexity index is 423. The van der Waals surface area contributed by atoms with Crippen molar-refractivity contribution in [2.24, 2.45) is 0 Å². The second-order valence-electron chi connectivity index (χ2n) is 2.92. The summed E-state index contributed by atoms with van der Waals surface area (Å²) < 4.78 is 88.0. The minimum absolute atomic E-state index is 0.115. The first kappa shape index (κ1) is 13.4. The van der Waals surface area contributed by atoms with Crippen LogP contribution in [-0.4, -0.2) is 6.36 Å². The molecule has 1 aromatic rings. The molecule has 0 aliphatic rings. The molecule has 9 heteroatoms. The highest BCUT2D eigenvalue weighted by Gasteiger charge is 2.37. The van der Waals surface area contributed by atoms with Crippen molar-refractivity contribution < 1.29 is 35.5 Å². The Morgan fingerprint density at radius 3 is 1.94 bits per heavy atom. The van der Waals surface area contributed by atoms with Crippen LogP contribution in [0.15, 0.2) is 12.1 Å². The summed E-state index contributed by atoms with van der Waals surface area (Å²) in [6.07, 6.45) is -10.3. The van der Waals surface area contributed by atoms with Crippen LogP contribution >= 0.6 is 0 Å². The lowest BCUT2D eigenvalue weighted by Crippen LogP contribution is -2.19. The van der Waals surface area contributed by atoms with Crippen LogP contribution in [0.2, 0.25) is 0 Å². The fourth-order valence-electron chi connectivity index (χ4n) is 1.02. The molecule has 0 saturated carbocycles. The molecule has 0 radical (unpaired) electrons. The molecule has 0 unspecified atom stereocenters. The van der Waals surface area contributed by atoms with Gasteiger partial charge in [-0.3, -0.25) is 0 Å². The number of rotatable bonds is 1. The van der Waals surface area contributed by atoms with Crippen molar-refractivity contribution in [2.45, 2.75) is 12.5 Å². The maximum absolute atomic E-state index is 12.9. The SMILES string of the molecule is Nc1cc(F)c(OC(F)(F)F)cc1C(F)(F)F. The summed E-state index contributed by atoms with van der Waals surface area (Å²) in [4.78, 5) is 0. The monoisotopic (exact) mass is 263 g/mol. The Kier molecular flexibility index (Phi) is 3.13. The third kappa shape index (κ3) is 3.40. The minimum atomic E-state index is -5.29. The van der Waals surface area contributed by atoms with E-state index >= 15 is 0 Å². The van der Waals surface area contributed by atoms with Crippen LogP contribution in [0.4, 0.5) is 36.4 Å². The highest BCUT2D eigenvalue weighted by Crippen LogP contribution is 2.38. The lowest BCUT2D eigenvalue weighted by molar-refractivity contribution is -0.275. The number of halogens is 7. The summed E-state index contributed by atoms with van der Waals surface area (Å²) in [7, 11) is 0. The van der Waals surface area contributed by atoms with Gasteiger partial charge in [0, 0.05) is 11.8 Å². The lowest BCUT2D eigenvalue weighted by Gasteiger charge is -2.14. The van der Waals surface area contributed by atoms with Gasteiger partial charge in [0.1, 0.15) is 0 Å². The molecule has 2 nitrogen and oxygen atoms in total. The molecule has 0 amide bonds. The number of nitrogen functional groups attached to an aromatic ring is 1. The summed E-state index contributed by atoms with van der Waals surface area (Å²) in [5, 5.41) is 0. The van der Waals surface area contributed by atoms with Gasteiger partial charge in [-0.2, -0.15) is 13.2 Å². The predicted molar refractivity (Wildman–Crippen MR) is 42.5 cm³/mol. The van der Waals surface area contributed by atoms with E-state index in [9.17, 15) is 30.7 Å².